The summed E-state index contributed by atoms with van der Waals surface area (Å²) in [6.45, 7) is 3.65. The van der Waals surface area contributed by atoms with Crippen LogP contribution in [0, 0.1) is 12.7 Å². The Labute approximate surface area is 148 Å². The lowest BCUT2D eigenvalue weighted by Crippen LogP contribution is -2.22. The first kappa shape index (κ1) is 17.2. The lowest BCUT2D eigenvalue weighted by molar-refractivity contribution is -0.115. The molecule has 0 aliphatic carbocycles. The molecule has 1 heterocycles. The van der Waals surface area contributed by atoms with Crippen molar-refractivity contribution in [2.45, 2.75) is 24.3 Å². The maximum atomic E-state index is 13.6. The number of hydrogen-bond acceptors (Lipinski definition) is 5. The van der Waals surface area contributed by atoms with Crippen LogP contribution in [0.3, 0.4) is 0 Å². The zero-order chi connectivity index (χ0) is 17.8. The van der Waals surface area contributed by atoms with Gasteiger partial charge < -0.3 is 9.73 Å². The second-order valence-electron chi connectivity index (χ2n) is 5.42. The number of anilines is 1. The third-order valence-corrected chi connectivity index (χ3v) is 4.49. The van der Waals surface area contributed by atoms with Gasteiger partial charge in [-0.2, -0.15) is 0 Å². The molecule has 0 unspecified atom stereocenters. The molecule has 0 bridgehead atoms. The van der Waals surface area contributed by atoms with Crippen LogP contribution in [0.1, 0.15) is 12.5 Å². The molecule has 3 aromatic rings. The summed E-state index contributed by atoms with van der Waals surface area (Å²) in [7, 11) is 0. The van der Waals surface area contributed by atoms with E-state index in [-0.39, 0.29) is 16.8 Å². The Morgan fingerprint density at radius 1 is 1.16 bits per heavy atom. The molecular weight excluding hydrogens is 341 g/mol. The van der Waals surface area contributed by atoms with Crippen molar-refractivity contribution in [3.8, 4) is 11.5 Å². The van der Waals surface area contributed by atoms with Crippen LogP contribution in [0.2, 0.25) is 0 Å². The highest BCUT2D eigenvalue weighted by molar-refractivity contribution is 8.00. The molecular formula is C18H16FN3O2S. The molecule has 0 aliphatic heterocycles. The van der Waals surface area contributed by atoms with Crippen LogP contribution in [0.15, 0.2) is 58.2 Å². The standard InChI is InChI=1S/C18H16FN3O2S/c1-11-7-3-4-8-13(11)17-21-22-18(24-17)25-12(2)16(23)20-15-10-6-5-9-14(15)19/h3-10,12H,1-2H3,(H,20,23)/t12-/m0/s1. The zero-order valence-corrected chi connectivity index (χ0v) is 14.5. The van der Waals surface area contributed by atoms with Gasteiger partial charge in [0.05, 0.1) is 10.9 Å². The number of halogens is 1. The van der Waals surface area contributed by atoms with Crippen LogP contribution in [0.4, 0.5) is 10.1 Å². The summed E-state index contributed by atoms with van der Waals surface area (Å²) in [5.74, 6) is -0.416. The van der Waals surface area contributed by atoms with Gasteiger partial charge in [0.15, 0.2) is 0 Å². The summed E-state index contributed by atoms with van der Waals surface area (Å²) in [5, 5.41) is 10.3. The van der Waals surface area contributed by atoms with E-state index in [4.69, 9.17) is 4.42 Å². The van der Waals surface area contributed by atoms with E-state index in [0.29, 0.717) is 5.89 Å². The first-order valence-corrected chi connectivity index (χ1v) is 8.54. The molecule has 128 valence electrons. The second kappa shape index (κ2) is 7.48. The molecule has 0 aliphatic rings. The molecule has 1 atom stereocenters. The molecule has 1 N–H and O–H groups in total. The Morgan fingerprint density at radius 2 is 1.88 bits per heavy atom. The monoisotopic (exact) mass is 357 g/mol. The lowest BCUT2D eigenvalue weighted by Gasteiger charge is -2.10. The summed E-state index contributed by atoms with van der Waals surface area (Å²) in [6, 6.07) is 13.7. The number of amides is 1. The second-order valence-corrected chi connectivity index (χ2v) is 6.71. The van der Waals surface area contributed by atoms with Crippen molar-refractivity contribution in [2.24, 2.45) is 0 Å². The number of para-hydroxylation sites is 1. The van der Waals surface area contributed by atoms with Gasteiger partial charge >= 0.3 is 0 Å². The number of hydrogen-bond donors (Lipinski definition) is 1. The summed E-state index contributed by atoms with van der Waals surface area (Å²) >= 11 is 1.12. The van der Waals surface area contributed by atoms with Gasteiger partial charge in [0.1, 0.15) is 5.82 Å². The summed E-state index contributed by atoms with van der Waals surface area (Å²) in [6.07, 6.45) is 0. The number of carbonyl (C=O) groups excluding carboxylic acids is 1. The summed E-state index contributed by atoms with van der Waals surface area (Å²) in [4.78, 5) is 12.2. The Morgan fingerprint density at radius 3 is 2.64 bits per heavy atom. The molecule has 1 aromatic heterocycles. The fourth-order valence-corrected chi connectivity index (χ4v) is 2.86. The lowest BCUT2D eigenvalue weighted by atomic mass is 10.1. The highest BCUT2D eigenvalue weighted by Crippen LogP contribution is 2.28. The quantitative estimate of drug-likeness (QED) is 0.690. The highest BCUT2D eigenvalue weighted by Gasteiger charge is 2.20. The Kier molecular flexibility index (Phi) is 5.14. The first-order valence-electron chi connectivity index (χ1n) is 7.66. The van der Waals surface area contributed by atoms with Crippen molar-refractivity contribution in [3.05, 3.63) is 59.9 Å². The zero-order valence-electron chi connectivity index (χ0n) is 13.7. The van der Waals surface area contributed by atoms with Gasteiger partial charge in [0, 0.05) is 5.56 Å². The van der Waals surface area contributed by atoms with Crippen molar-refractivity contribution in [1.82, 2.24) is 10.2 Å². The van der Waals surface area contributed by atoms with Gasteiger partial charge in [-0.3, -0.25) is 4.79 Å². The van der Waals surface area contributed by atoms with Crippen molar-refractivity contribution in [1.29, 1.82) is 0 Å². The van der Waals surface area contributed by atoms with Crippen LogP contribution >= 0.6 is 11.8 Å². The van der Waals surface area contributed by atoms with Gasteiger partial charge in [-0.05, 0) is 37.6 Å². The minimum atomic E-state index is -0.523. The highest BCUT2D eigenvalue weighted by atomic mass is 32.2. The Hall–Kier alpha value is -2.67. The van der Waals surface area contributed by atoms with Gasteiger partial charge in [0.2, 0.25) is 11.8 Å². The maximum Gasteiger partial charge on any atom is 0.277 e. The van der Waals surface area contributed by atoms with Gasteiger partial charge in [-0.25, -0.2) is 4.39 Å². The molecule has 7 heteroatoms. The van der Waals surface area contributed by atoms with Gasteiger partial charge in [0.25, 0.3) is 5.22 Å². The number of benzene rings is 2. The average Bonchev–Trinajstić information content (AvgIpc) is 3.05. The molecule has 25 heavy (non-hydrogen) atoms. The molecule has 0 radical (unpaired) electrons. The Bertz CT molecular complexity index is 897. The molecule has 0 spiro atoms. The fourth-order valence-electron chi connectivity index (χ4n) is 2.18. The summed E-state index contributed by atoms with van der Waals surface area (Å²) in [5.41, 5.74) is 2.02. The average molecular weight is 357 g/mol. The van der Waals surface area contributed by atoms with E-state index >= 15 is 0 Å². The molecule has 0 saturated heterocycles. The van der Waals surface area contributed by atoms with E-state index in [0.717, 1.165) is 22.9 Å². The minimum absolute atomic E-state index is 0.145. The van der Waals surface area contributed by atoms with Gasteiger partial charge in [-0.1, -0.05) is 42.1 Å². The van der Waals surface area contributed by atoms with Crippen molar-refractivity contribution in [3.63, 3.8) is 0 Å². The van der Waals surface area contributed by atoms with Gasteiger partial charge in [-0.15, -0.1) is 10.2 Å². The number of nitrogens with one attached hydrogen (secondary N) is 1. The molecule has 2 aromatic carbocycles. The van der Waals surface area contributed by atoms with Crippen molar-refractivity contribution in [2.75, 3.05) is 5.32 Å². The number of rotatable bonds is 5. The van der Waals surface area contributed by atoms with E-state index in [2.05, 4.69) is 15.5 Å². The van der Waals surface area contributed by atoms with E-state index < -0.39 is 11.1 Å². The maximum absolute atomic E-state index is 13.6. The summed E-state index contributed by atoms with van der Waals surface area (Å²) < 4.78 is 19.2. The third kappa shape index (κ3) is 4.06. The van der Waals surface area contributed by atoms with Crippen molar-refractivity contribution < 1.29 is 13.6 Å². The predicted molar refractivity (Wildman–Crippen MR) is 94.8 cm³/mol. The number of thioether (sulfide) groups is 1. The largest absolute Gasteiger partial charge is 0.411 e. The van der Waals surface area contributed by atoms with Crippen LogP contribution in [-0.2, 0) is 4.79 Å². The molecule has 0 saturated carbocycles. The normalized spacial score (nSPS) is 12.0. The van der Waals surface area contributed by atoms with E-state index in [1.165, 1.54) is 12.1 Å². The SMILES string of the molecule is Cc1ccccc1-c1nnc(S[C@@H](C)C(=O)Nc2ccccc2F)o1. The minimum Gasteiger partial charge on any atom is -0.411 e. The fraction of sp³-hybridized carbons (Fsp3) is 0.167. The van der Waals surface area contributed by atoms with E-state index in [1.807, 2.05) is 31.2 Å². The predicted octanol–water partition coefficient (Wildman–Crippen LogP) is 4.30. The first-order chi connectivity index (χ1) is 12.0. The topological polar surface area (TPSA) is 68.0 Å². The third-order valence-electron chi connectivity index (χ3n) is 3.56. The molecule has 0 fully saturated rings. The van der Waals surface area contributed by atoms with Crippen LogP contribution in [-0.4, -0.2) is 21.4 Å². The van der Waals surface area contributed by atoms with Crippen molar-refractivity contribution >= 4 is 23.4 Å². The molecule has 3 rings (SSSR count). The van der Waals surface area contributed by atoms with Crippen LogP contribution in [0.5, 0.6) is 0 Å². The molecule has 1 amide bonds. The number of nitrogens with zero attached hydrogens (tertiary/aromatic N) is 2. The Balaban J connectivity index is 1.67. The van der Waals surface area contributed by atoms with E-state index in [1.54, 1.807) is 19.1 Å². The number of carbonyl (C=O) groups is 1. The number of aryl methyl sites for hydroxylation is 1. The number of aromatic nitrogens is 2. The smallest absolute Gasteiger partial charge is 0.277 e. The molecule has 5 nitrogen and oxygen atoms in total. The van der Waals surface area contributed by atoms with Crippen LogP contribution < -0.4 is 5.32 Å². The van der Waals surface area contributed by atoms with Crippen LogP contribution in [0.25, 0.3) is 11.5 Å². The van der Waals surface area contributed by atoms with E-state index in [9.17, 15) is 9.18 Å².